The van der Waals surface area contributed by atoms with Crippen LogP contribution in [0.3, 0.4) is 0 Å². The van der Waals surface area contributed by atoms with Gasteiger partial charge in [0.05, 0.1) is 33.8 Å². The first-order chi connectivity index (χ1) is 9.54. The normalized spacial score (nSPS) is 27.6. The third kappa shape index (κ3) is 2.36. The molecule has 6 nitrogen and oxygen atoms in total. The van der Waals surface area contributed by atoms with Crippen molar-refractivity contribution in [1.82, 2.24) is 5.32 Å². The summed E-state index contributed by atoms with van der Waals surface area (Å²) in [6.07, 6.45) is 3.06. The molecular formula is C13H13ClN2O4. The third-order valence-corrected chi connectivity index (χ3v) is 4.16. The lowest BCUT2D eigenvalue weighted by atomic mass is 9.95. The van der Waals surface area contributed by atoms with Crippen molar-refractivity contribution in [3.63, 3.8) is 0 Å². The first-order valence-corrected chi connectivity index (χ1v) is 6.82. The number of nitro groups is 1. The molecule has 2 aliphatic rings. The Morgan fingerprint density at radius 2 is 2.25 bits per heavy atom. The van der Waals surface area contributed by atoms with E-state index in [2.05, 4.69) is 5.32 Å². The number of nitrogens with zero attached hydrogens (tertiary/aromatic N) is 1. The van der Waals surface area contributed by atoms with Crippen molar-refractivity contribution in [3.05, 3.63) is 38.9 Å². The monoisotopic (exact) mass is 296 g/mol. The van der Waals surface area contributed by atoms with Gasteiger partial charge in [-0.1, -0.05) is 11.6 Å². The number of ether oxygens (including phenoxy) is 1. The minimum Gasteiger partial charge on any atom is -0.373 e. The number of nitrogens with one attached hydrogen (secondary N) is 1. The number of halogens is 1. The maximum Gasteiger partial charge on any atom is 0.270 e. The number of non-ortho nitro benzene ring substituents is 1. The van der Waals surface area contributed by atoms with Crippen LogP contribution in [0, 0.1) is 10.1 Å². The Hall–Kier alpha value is -1.66. The zero-order chi connectivity index (χ0) is 14.3. The summed E-state index contributed by atoms with van der Waals surface area (Å²) in [6.45, 7) is 0. The van der Waals surface area contributed by atoms with Gasteiger partial charge in [0.2, 0.25) is 0 Å². The molecule has 3 atom stereocenters. The first-order valence-electron chi connectivity index (χ1n) is 6.45. The maximum absolute atomic E-state index is 12.2. The van der Waals surface area contributed by atoms with Gasteiger partial charge in [-0.05, 0) is 25.3 Å². The van der Waals surface area contributed by atoms with Crippen molar-refractivity contribution >= 4 is 23.2 Å². The second kappa shape index (κ2) is 5.03. The number of hydrogen-bond donors (Lipinski definition) is 1. The Labute approximate surface area is 120 Å². The molecule has 3 rings (SSSR count). The molecule has 1 N–H and O–H groups in total. The quantitative estimate of drug-likeness (QED) is 0.685. The molecule has 7 heteroatoms. The molecule has 0 radical (unpaired) electrons. The molecule has 1 aromatic rings. The number of carbonyl (C=O) groups excluding carboxylic acids is 1. The summed E-state index contributed by atoms with van der Waals surface area (Å²) in [5.41, 5.74) is -0.0209. The number of rotatable bonds is 3. The summed E-state index contributed by atoms with van der Waals surface area (Å²) in [7, 11) is 0. The van der Waals surface area contributed by atoms with Crippen LogP contribution < -0.4 is 5.32 Å². The van der Waals surface area contributed by atoms with E-state index in [0.717, 1.165) is 19.3 Å². The van der Waals surface area contributed by atoms with E-state index in [4.69, 9.17) is 16.3 Å². The van der Waals surface area contributed by atoms with Crippen molar-refractivity contribution in [2.24, 2.45) is 0 Å². The summed E-state index contributed by atoms with van der Waals surface area (Å²) < 4.78 is 5.66. The average molecular weight is 297 g/mol. The van der Waals surface area contributed by atoms with Gasteiger partial charge >= 0.3 is 0 Å². The SMILES string of the molecule is O=C(NC1CC2CCC1O2)c1cc([N+](=O)[O-])ccc1Cl. The zero-order valence-corrected chi connectivity index (χ0v) is 11.3. The fraction of sp³-hybridized carbons (Fsp3) is 0.462. The highest BCUT2D eigenvalue weighted by Gasteiger charge is 2.41. The summed E-state index contributed by atoms with van der Waals surface area (Å²) in [6, 6.07) is 3.81. The predicted molar refractivity (Wildman–Crippen MR) is 71.9 cm³/mol. The number of hydrogen-bond acceptors (Lipinski definition) is 4. The maximum atomic E-state index is 12.2. The van der Waals surface area contributed by atoms with Gasteiger partial charge in [0.1, 0.15) is 0 Å². The molecule has 2 bridgehead atoms. The van der Waals surface area contributed by atoms with Crippen LogP contribution in [0.5, 0.6) is 0 Å². The van der Waals surface area contributed by atoms with Crippen LogP contribution in [-0.4, -0.2) is 29.1 Å². The van der Waals surface area contributed by atoms with E-state index in [0.29, 0.717) is 0 Å². The Kier molecular flexibility index (Phi) is 3.35. The van der Waals surface area contributed by atoms with Gasteiger partial charge in [0.15, 0.2) is 0 Å². The van der Waals surface area contributed by atoms with Gasteiger partial charge < -0.3 is 10.1 Å². The standard InChI is InChI=1S/C13H13ClN2O4/c14-10-3-1-7(16(18)19)5-9(10)13(17)15-11-6-8-2-4-12(11)20-8/h1,3,5,8,11-12H,2,4,6H2,(H,15,17). The lowest BCUT2D eigenvalue weighted by molar-refractivity contribution is -0.384. The lowest BCUT2D eigenvalue weighted by Crippen LogP contribution is -2.41. The topological polar surface area (TPSA) is 81.5 Å². The second-order valence-corrected chi connectivity index (χ2v) is 5.52. The molecule has 2 heterocycles. The molecule has 0 saturated carbocycles. The molecule has 0 aliphatic carbocycles. The molecule has 2 saturated heterocycles. The Bertz CT molecular complexity index is 577. The Balaban J connectivity index is 1.76. The highest BCUT2D eigenvalue weighted by molar-refractivity contribution is 6.33. The van der Waals surface area contributed by atoms with Crippen LogP contribution in [0.15, 0.2) is 18.2 Å². The summed E-state index contributed by atoms with van der Waals surface area (Å²) >= 11 is 5.95. The summed E-state index contributed by atoms with van der Waals surface area (Å²) in [5, 5.41) is 13.8. The first kappa shape index (κ1) is 13.3. The van der Waals surface area contributed by atoms with Gasteiger partial charge in [0.25, 0.3) is 11.6 Å². The van der Waals surface area contributed by atoms with Crippen LogP contribution in [-0.2, 0) is 4.74 Å². The largest absolute Gasteiger partial charge is 0.373 e. The molecule has 3 unspecified atom stereocenters. The number of carbonyl (C=O) groups is 1. The van der Waals surface area contributed by atoms with Crippen molar-refractivity contribution < 1.29 is 14.5 Å². The van der Waals surface area contributed by atoms with Crippen molar-refractivity contribution in [2.75, 3.05) is 0 Å². The van der Waals surface area contributed by atoms with Crippen LogP contribution in [0.4, 0.5) is 5.69 Å². The fourth-order valence-corrected chi connectivity index (χ4v) is 3.04. The van der Waals surface area contributed by atoms with Gasteiger partial charge in [0, 0.05) is 12.1 Å². The highest BCUT2D eigenvalue weighted by atomic mass is 35.5. The van der Waals surface area contributed by atoms with Gasteiger partial charge in [-0.25, -0.2) is 0 Å². The molecule has 2 fully saturated rings. The van der Waals surface area contributed by atoms with E-state index in [9.17, 15) is 14.9 Å². The van der Waals surface area contributed by atoms with Crippen LogP contribution >= 0.6 is 11.6 Å². The Morgan fingerprint density at radius 3 is 2.85 bits per heavy atom. The van der Waals surface area contributed by atoms with Crippen molar-refractivity contribution in [2.45, 2.75) is 37.5 Å². The van der Waals surface area contributed by atoms with Crippen LogP contribution in [0.2, 0.25) is 5.02 Å². The van der Waals surface area contributed by atoms with Crippen LogP contribution in [0.1, 0.15) is 29.6 Å². The minimum atomic E-state index is -0.548. The smallest absolute Gasteiger partial charge is 0.270 e. The zero-order valence-electron chi connectivity index (χ0n) is 10.5. The van der Waals surface area contributed by atoms with E-state index in [-0.39, 0.29) is 40.4 Å². The molecule has 1 aromatic carbocycles. The summed E-state index contributed by atoms with van der Waals surface area (Å²) in [4.78, 5) is 22.4. The molecule has 0 spiro atoms. The van der Waals surface area contributed by atoms with E-state index in [1.807, 2.05) is 0 Å². The van der Waals surface area contributed by atoms with E-state index < -0.39 is 4.92 Å². The predicted octanol–water partition coefficient (Wildman–Crippen LogP) is 2.30. The lowest BCUT2D eigenvalue weighted by Gasteiger charge is -2.20. The fourth-order valence-electron chi connectivity index (χ4n) is 2.84. The molecule has 0 aromatic heterocycles. The van der Waals surface area contributed by atoms with E-state index in [1.54, 1.807) is 0 Å². The number of nitro benzene ring substituents is 1. The second-order valence-electron chi connectivity index (χ2n) is 5.11. The van der Waals surface area contributed by atoms with Crippen LogP contribution in [0.25, 0.3) is 0 Å². The van der Waals surface area contributed by atoms with E-state index >= 15 is 0 Å². The van der Waals surface area contributed by atoms with E-state index in [1.165, 1.54) is 18.2 Å². The number of fused-ring (bicyclic) bond motifs is 2. The van der Waals surface area contributed by atoms with Gasteiger partial charge in [-0.15, -0.1) is 0 Å². The Morgan fingerprint density at radius 1 is 1.45 bits per heavy atom. The molecule has 106 valence electrons. The van der Waals surface area contributed by atoms with Crippen molar-refractivity contribution in [3.8, 4) is 0 Å². The highest BCUT2D eigenvalue weighted by Crippen LogP contribution is 2.34. The molecule has 20 heavy (non-hydrogen) atoms. The molecule has 2 aliphatic heterocycles. The summed E-state index contributed by atoms with van der Waals surface area (Å²) in [5.74, 6) is -0.389. The van der Waals surface area contributed by atoms with Gasteiger partial charge in [-0.3, -0.25) is 14.9 Å². The third-order valence-electron chi connectivity index (χ3n) is 3.83. The van der Waals surface area contributed by atoms with Crippen molar-refractivity contribution in [1.29, 1.82) is 0 Å². The average Bonchev–Trinajstić information content (AvgIpc) is 3.01. The number of amides is 1. The molecule has 1 amide bonds. The van der Waals surface area contributed by atoms with Gasteiger partial charge in [-0.2, -0.15) is 0 Å². The number of benzene rings is 1. The molecular weight excluding hydrogens is 284 g/mol. The minimum absolute atomic E-state index is 0.0309.